The number of H-pyrrole nitrogens is 1. The Morgan fingerprint density at radius 2 is 2.38 bits per heavy atom. The summed E-state index contributed by atoms with van der Waals surface area (Å²) >= 11 is 2.15. The summed E-state index contributed by atoms with van der Waals surface area (Å²) in [4.78, 5) is 0. The van der Waals surface area contributed by atoms with Crippen LogP contribution in [0.15, 0.2) is 0 Å². The van der Waals surface area contributed by atoms with Crippen molar-refractivity contribution < 1.29 is 0 Å². The summed E-state index contributed by atoms with van der Waals surface area (Å²) in [6.45, 7) is 1.93. The van der Waals surface area contributed by atoms with Crippen LogP contribution in [0.3, 0.4) is 0 Å². The van der Waals surface area contributed by atoms with E-state index >= 15 is 0 Å². The monoisotopic (exact) mass is 223 g/mol. The van der Waals surface area contributed by atoms with E-state index in [-0.39, 0.29) is 0 Å². The maximum absolute atomic E-state index is 5.39. The van der Waals surface area contributed by atoms with Gasteiger partial charge < -0.3 is 5.73 Å². The SMILES string of the molecule is Cc1c(N)n[nH]c1I. The first-order valence-corrected chi connectivity index (χ1v) is 3.25. The zero-order valence-electron chi connectivity index (χ0n) is 4.40. The summed E-state index contributed by atoms with van der Waals surface area (Å²) < 4.78 is 1.01. The minimum atomic E-state index is 0.592. The van der Waals surface area contributed by atoms with Crippen LogP contribution in [0.4, 0.5) is 5.82 Å². The maximum Gasteiger partial charge on any atom is 0.149 e. The molecule has 0 aliphatic heterocycles. The second-order valence-electron chi connectivity index (χ2n) is 1.55. The molecule has 0 bridgehead atoms. The predicted octanol–water partition coefficient (Wildman–Crippen LogP) is 0.905. The molecular formula is C4H6IN3. The fourth-order valence-electron chi connectivity index (χ4n) is 0.389. The first-order valence-electron chi connectivity index (χ1n) is 2.17. The number of nitrogens with zero attached hydrogens (tertiary/aromatic N) is 1. The average molecular weight is 223 g/mol. The van der Waals surface area contributed by atoms with Crippen LogP contribution in [-0.4, -0.2) is 10.2 Å². The molecule has 0 aliphatic carbocycles. The van der Waals surface area contributed by atoms with Crippen molar-refractivity contribution in [1.82, 2.24) is 10.2 Å². The zero-order valence-corrected chi connectivity index (χ0v) is 6.56. The highest BCUT2D eigenvalue weighted by Gasteiger charge is 1.99. The standard InChI is InChI=1S/C4H6IN3/c1-2-3(5)7-8-4(2)6/h1H3,(H3,6,7,8). The highest BCUT2D eigenvalue weighted by molar-refractivity contribution is 14.1. The van der Waals surface area contributed by atoms with Gasteiger partial charge in [-0.25, -0.2) is 0 Å². The third-order valence-corrected chi connectivity index (χ3v) is 2.04. The molecule has 0 atom stereocenters. The number of hydrogen-bond donors (Lipinski definition) is 2. The summed E-state index contributed by atoms with van der Waals surface area (Å²) in [6, 6.07) is 0. The lowest BCUT2D eigenvalue weighted by molar-refractivity contribution is 1.07. The maximum atomic E-state index is 5.39. The van der Waals surface area contributed by atoms with Crippen molar-refractivity contribution >= 4 is 28.4 Å². The second-order valence-corrected chi connectivity index (χ2v) is 2.63. The van der Waals surface area contributed by atoms with Crippen LogP contribution in [0.2, 0.25) is 0 Å². The third kappa shape index (κ3) is 0.795. The lowest BCUT2D eigenvalue weighted by atomic mass is 10.4. The summed E-state index contributed by atoms with van der Waals surface area (Å²) in [6.07, 6.45) is 0. The number of nitrogens with one attached hydrogen (secondary N) is 1. The third-order valence-electron chi connectivity index (χ3n) is 0.988. The number of halogens is 1. The molecule has 0 spiro atoms. The first kappa shape index (κ1) is 5.87. The van der Waals surface area contributed by atoms with Crippen LogP contribution in [-0.2, 0) is 0 Å². The molecule has 0 radical (unpaired) electrons. The quantitative estimate of drug-likeness (QED) is 0.642. The van der Waals surface area contributed by atoms with E-state index in [4.69, 9.17) is 5.73 Å². The Labute approximate surface area is 60.8 Å². The smallest absolute Gasteiger partial charge is 0.149 e. The number of anilines is 1. The second kappa shape index (κ2) is 1.93. The number of aromatic amines is 1. The first-order chi connectivity index (χ1) is 3.72. The number of nitrogens with two attached hydrogens (primary N) is 1. The molecule has 0 fully saturated rings. The number of nitrogen functional groups attached to an aromatic ring is 1. The van der Waals surface area contributed by atoms with Crippen molar-refractivity contribution in [3.05, 3.63) is 9.26 Å². The minimum Gasteiger partial charge on any atom is -0.382 e. The molecule has 1 heterocycles. The molecule has 1 aromatic heterocycles. The van der Waals surface area contributed by atoms with Crippen molar-refractivity contribution in [2.45, 2.75) is 6.92 Å². The number of rotatable bonds is 0. The molecule has 44 valence electrons. The molecule has 1 aromatic rings. The van der Waals surface area contributed by atoms with Crippen LogP contribution in [0.1, 0.15) is 5.56 Å². The van der Waals surface area contributed by atoms with E-state index in [0.29, 0.717) is 5.82 Å². The highest BCUT2D eigenvalue weighted by Crippen LogP contribution is 2.11. The molecule has 4 heteroatoms. The molecule has 3 N–H and O–H groups in total. The van der Waals surface area contributed by atoms with Crippen molar-refractivity contribution in [3.63, 3.8) is 0 Å². The van der Waals surface area contributed by atoms with Gasteiger partial charge in [-0.05, 0) is 29.5 Å². The van der Waals surface area contributed by atoms with E-state index in [1.807, 2.05) is 6.92 Å². The van der Waals surface area contributed by atoms with Gasteiger partial charge >= 0.3 is 0 Å². The van der Waals surface area contributed by atoms with Gasteiger partial charge in [0.05, 0.1) is 0 Å². The Morgan fingerprint density at radius 1 is 1.75 bits per heavy atom. The Kier molecular flexibility index (Phi) is 1.41. The summed E-state index contributed by atoms with van der Waals surface area (Å²) in [5.41, 5.74) is 6.43. The van der Waals surface area contributed by atoms with Gasteiger partial charge in [-0.3, -0.25) is 5.10 Å². The Hall–Kier alpha value is -0.260. The highest BCUT2D eigenvalue weighted by atomic mass is 127. The number of hydrogen-bond acceptors (Lipinski definition) is 2. The zero-order chi connectivity index (χ0) is 6.15. The molecule has 0 unspecified atom stereocenters. The topological polar surface area (TPSA) is 54.7 Å². The van der Waals surface area contributed by atoms with Crippen LogP contribution < -0.4 is 5.73 Å². The molecule has 1 rings (SSSR count). The molecule has 0 aliphatic rings. The van der Waals surface area contributed by atoms with Crippen molar-refractivity contribution in [3.8, 4) is 0 Å². The van der Waals surface area contributed by atoms with E-state index < -0.39 is 0 Å². The van der Waals surface area contributed by atoms with Crippen LogP contribution >= 0.6 is 22.6 Å². The Balaban J connectivity index is 3.19. The van der Waals surface area contributed by atoms with Gasteiger partial charge in [0, 0.05) is 5.56 Å². The van der Waals surface area contributed by atoms with Gasteiger partial charge in [-0.15, -0.1) is 0 Å². The van der Waals surface area contributed by atoms with Gasteiger partial charge in [0.25, 0.3) is 0 Å². The summed E-state index contributed by atoms with van der Waals surface area (Å²) in [5.74, 6) is 0.592. The molecule has 3 nitrogen and oxygen atoms in total. The van der Waals surface area contributed by atoms with E-state index in [1.54, 1.807) is 0 Å². The largest absolute Gasteiger partial charge is 0.382 e. The normalized spacial score (nSPS) is 9.75. The van der Waals surface area contributed by atoms with Gasteiger partial charge in [0.2, 0.25) is 0 Å². The van der Waals surface area contributed by atoms with Crippen LogP contribution in [0.25, 0.3) is 0 Å². The molecule has 0 amide bonds. The predicted molar refractivity (Wildman–Crippen MR) is 40.5 cm³/mol. The van der Waals surface area contributed by atoms with Gasteiger partial charge in [0.1, 0.15) is 9.52 Å². The average Bonchev–Trinajstić information content (AvgIpc) is 1.98. The van der Waals surface area contributed by atoms with Crippen molar-refractivity contribution in [1.29, 1.82) is 0 Å². The van der Waals surface area contributed by atoms with Crippen LogP contribution in [0.5, 0.6) is 0 Å². The van der Waals surface area contributed by atoms with Crippen LogP contribution in [0, 0.1) is 10.6 Å². The Morgan fingerprint density at radius 3 is 2.50 bits per heavy atom. The molecule has 0 aromatic carbocycles. The van der Waals surface area contributed by atoms with Gasteiger partial charge in [-0.1, -0.05) is 0 Å². The lowest BCUT2D eigenvalue weighted by Gasteiger charge is -1.82. The molecular weight excluding hydrogens is 217 g/mol. The number of aromatic nitrogens is 2. The molecule has 8 heavy (non-hydrogen) atoms. The summed E-state index contributed by atoms with van der Waals surface area (Å²) in [5, 5.41) is 6.51. The summed E-state index contributed by atoms with van der Waals surface area (Å²) in [7, 11) is 0. The van der Waals surface area contributed by atoms with Crippen molar-refractivity contribution in [2.24, 2.45) is 0 Å². The lowest BCUT2D eigenvalue weighted by Crippen LogP contribution is -1.85. The Bertz CT molecular complexity index is 174. The van der Waals surface area contributed by atoms with Gasteiger partial charge in [-0.2, -0.15) is 5.10 Å². The van der Waals surface area contributed by atoms with E-state index in [1.165, 1.54) is 0 Å². The van der Waals surface area contributed by atoms with Gasteiger partial charge in [0.15, 0.2) is 0 Å². The molecule has 0 saturated carbocycles. The van der Waals surface area contributed by atoms with E-state index in [9.17, 15) is 0 Å². The van der Waals surface area contributed by atoms with E-state index in [0.717, 1.165) is 9.26 Å². The fraction of sp³-hybridized carbons (Fsp3) is 0.250. The fourth-order valence-corrected chi connectivity index (χ4v) is 0.786. The van der Waals surface area contributed by atoms with Crippen molar-refractivity contribution in [2.75, 3.05) is 5.73 Å². The minimum absolute atomic E-state index is 0.592. The van der Waals surface area contributed by atoms with E-state index in [2.05, 4.69) is 32.8 Å². The molecule has 0 saturated heterocycles.